The normalized spacial score (nSPS) is 18.7. The number of thiophene rings is 1. The zero-order valence-electron chi connectivity index (χ0n) is 13.3. The number of ketones is 1. The second kappa shape index (κ2) is 7.03. The fraction of sp³-hybridized carbons (Fsp3) is 0.667. The number of nitrogen functional groups attached to an aromatic ring is 1. The van der Waals surface area contributed by atoms with E-state index in [0.717, 1.165) is 31.1 Å². The fourth-order valence-electron chi connectivity index (χ4n) is 3.05. The van der Waals surface area contributed by atoms with Crippen LogP contribution in [0.4, 0.5) is 10.7 Å². The number of likely N-dealkylation sites (N-methyl/N-ethyl adjacent to an activating group) is 1. The monoisotopic (exact) mass is 327 g/mol. The third-order valence-electron chi connectivity index (χ3n) is 4.19. The number of nitrogens with two attached hydrogens (primary N) is 1. The lowest BCUT2D eigenvalue weighted by Gasteiger charge is -2.26. The zero-order chi connectivity index (χ0) is 15.6. The van der Waals surface area contributed by atoms with E-state index in [-0.39, 0.29) is 5.78 Å². The van der Waals surface area contributed by atoms with Crippen molar-refractivity contribution in [2.24, 2.45) is 0 Å². The van der Waals surface area contributed by atoms with E-state index in [1.54, 1.807) is 30.0 Å². The Labute approximate surface area is 135 Å². The average Bonchev–Trinajstić information content (AvgIpc) is 3.04. The van der Waals surface area contributed by atoms with Crippen LogP contribution in [0.15, 0.2) is 4.90 Å². The highest BCUT2D eigenvalue weighted by atomic mass is 32.2. The molecule has 1 saturated heterocycles. The first-order valence-corrected chi connectivity index (χ1v) is 9.53. The summed E-state index contributed by atoms with van der Waals surface area (Å²) in [5.74, 6) is 0.0681. The van der Waals surface area contributed by atoms with E-state index in [9.17, 15) is 4.79 Å². The number of carbonyl (C=O) groups excluding carboxylic acids is 1. The highest BCUT2D eigenvalue weighted by Gasteiger charge is 2.30. The predicted octanol–water partition coefficient (Wildman–Crippen LogP) is 3.18. The van der Waals surface area contributed by atoms with Gasteiger partial charge < -0.3 is 10.6 Å². The third kappa shape index (κ3) is 3.22. The molecule has 1 atom stereocenters. The molecule has 1 aliphatic heterocycles. The molecule has 1 aliphatic rings. The van der Waals surface area contributed by atoms with Gasteiger partial charge in [-0.3, -0.25) is 9.69 Å². The Balaban J connectivity index is 2.23. The summed E-state index contributed by atoms with van der Waals surface area (Å²) in [6.45, 7) is 10.3. The lowest BCUT2D eigenvalue weighted by atomic mass is 10.2. The summed E-state index contributed by atoms with van der Waals surface area (Å²) in [5, 5.41) is 1.18. The van der Waals surface area contributed by atoms with Crippen molar-refractivity contribution in [1.29, 1.82) is 0 Å². The smallest absolute Gasteiger partial charge is 0.171 e. The number of rotatable bonds is 6. The van der Waals surface area contributed by atoms with Crippen LogP contribution in [-0.4, -0.2) is 49.2 Å². The summed E-state index contributed by atoms with van der Waals surface area (Å²) in [5.41, 5.74) is 6.83. The van der Waals surface area contributed by atoms with E-state index in [0.29, 0.717) is 16.6 Å². The van der Waals surface area contributed by atoms with Crippen molar-refractivity contribution in [3.05, 3.63) is 4.88 Å². The number of carbonyl (C=O) groups is 1. The SMILES string of the molecule is CCN(CC)C1CCN(c2sc(C(C)=O)c(N)c2SC)C1. The van der Waals surface area contributed by atoms with Crippen LogP contribution in [0, 0.1) is 0 Å². The molecule has 0 aromatic carbocycles. The van der Waals surface area contributed by atoms with Crippen LogP contribution in [-0.2, 0) is 0 Å². The van der Waals surface area contributed by atoms with Crippen LogP contribution in [0.3, 0.4) is 0 Å². The van der Waals surface area contributed by atoms with E-state index < -0.39 is 0 Å². The van der Waals surface area contributed by atoms with Gasteiger partial charge in [0.2, 0.25) is 0 Å². The molecule has 1 unspecified atom stereocenters. The summed E-state index contributed by atoms with van der Waals surface area (Å²) in [7, 11) is 0. The Hall–Kier alpha value is -0.720. The molecule has 0 spiro atoms. The Kier molecular flexibility index (Phi) is 5.57. The molecule has 118 valence electrons. The third-order valence-corrected chi connectivity index (χ3v) is 6.50. The standard InChI is InChI=1S/C15H25N3OS2/c1-5-17(6-2)11-7-8-18(9-11)15-14(20-4)12(16)13(21-15)10(3)19/h11H,5-9,16H2,1-4H3. The molecule has 1 aromatic heterocycles. The maximum absolute atomic E-state index is 11.7. The average molecular weight is 328 g/mol. The number of anilines is 2. The van der Waals surface area contributed by atoms with Gasteiger partial charge in [0.1, 0.15) is 5.00 Å². The molecule has 0 bridgehead atoms. The fourth-order valence-corrected chi connectivity index (χ4v) is 5.16. The molecule has 2 heterocycles. The van der Waals surface area contributed by atoms with Gasteiger partial charge in [0.05, 0.1) is 15.5 Å². The van der Waals surface area contributed by atoms with Gasteiger partial charge in [0.15, 0.2) is 5.78 Å². The molecule has 6 heteroatoms. The van der Waals surface area contributed by atoms with E-state index >= 15 is 0 Å². The minimum absolute atomic E-state index is 0.0681. The van der Waals surface area contributed by atoms with E-state index in [1.807, 2.05) is 6.26 Å². The maximum Gasteiger partial charge on any atom is 0.171 e. The van der Waals surface area contributed by atoms with Crippen molar-refractivity contribution < 1.29 is 4.79 Å². The summed E-state index contributed by atoms with van der Waals surface area (Å²) in [6.07, 6.45) is 3.21. The summed E-state index contributed by atoms with van der Waals surface area (Å²) in [6, 6.07) is 0.610. The molecule has 0 amide bonds. The molecule has 2 rings (SSSR count). The Bertz CT molecular complexity index is 511. The van der Waals surface area contributed by atoms with Gasteiger partial charge in [-0.2, -0.15) is 0 Å². The number of hydrogen-bond donors (Lipinski definition) is 1. The molecule has 0 aliphatic carbocycles. The first kappa shape index (κ1) is 16.6. The molecule has 1 fully saturated rings. The topological polar surface area (TPSA) is 49.6 Å². The first-order valence-electron chi connectivity index (χ1n) is 7.49. The largest absolute Gasteiger partial charge is 0.396 e. The number of Topliss-reactive ketones (excluding diaryl/α,β-unsaturated/α-hetero) is 1. The first-order chi connectivity index (χ1) is 10.0. The molecule has 4 nitrogen and oxygen atoms in total. The van der Waals surface area contributed by atoms with Gasteiger partial charge in [-0.15, -0.1) is 23.1 Å². The van der Waals surface area contributed by atoms with Crippen LogP contribution in [0.5, 0.6) is 0 Å². The number of thioether (sulfide) groups is 1. The molecule has 21 heavy (non-hydrogen) atoms. The van der Waals surface area contributed by atoms with Crippen molar-refractivity contribution in [3.63, 3.8) is 0 Å². The van der Waals surface area contributed by atoms with Crippen molar-refractivity contribution in [2.45, 2.75) is 38.1 Å². The number of nitrogens with zero attached hydrogens (tertiary/aromatic N) is 2. The van der Waals surface area contributed by atoms with E-state index in [1.165, 1.54) is 11.4 Å². The predicted molar refractivity (Wildman–Crippen MR) is 94.1 cm³/mol. The van der Waals surface area contributed by atoms with Gasteiger partial charge in [-0.05, 0) is 25.8 Å². The van der Waals surface area contributed by atoms with Crippen LogP contribution < -0.4 is 10.6 Å². The van der Waals surface area contributed by atoms with Gasteiger partial charge in [0.25, 0.3) is 0 Å². The summed E-state index contributed by atoms with van der Waals surface area (Å²) >= 11 is 3.20. The lowest BCUT2D eigenvalue weighted by molar-refractivity contribution is 0.102. The molecular formula is C15H25N3OS2. The van der Waals surface area contributed by atoms with Crippen LogP contribution >= 0.6 is 23.1 Å². The summed E-state index contributed by atoms with van der Waals surface area (Å²) in [4.78, 5) is 18.4. The van der Waals surface area contributed by atoms with Gasteiger partial charge in [-0.25, -0.2) is 0 Å². The lowest BCUT2D eigenvalue weighted by Crippen LogP contribution is -2.37. The van der Waals surface area contributed by atoms with Crippen molar-refractivity contribution in [2.75, 3.05) is 43.1 Å². The Morgan fingerprint density at radius 2 is 2.14 bits per heavy atom. The van der Waals surface area contributed by atoms with Crippen molar-refractivity contribution in [1.82, 2.24) is 4.90 Å². The minimum Gasteiger partial charge on any atom is -0.396 e. The maximum atomic E-state index is 11.7. The van der Waals surface area contributed by atoms with E-state index in [2.05, 4.69) is 23.6 Å². The van der Waals surface area contributed by atoms with Crippen LogP contribution in [0.25, 0.3) is 0 Å². The van der Waals surface area contributed by atoms with Gasteiger partial charge >= 0.3 is 0 Å². The zero-order valence-corrected chi connectivity index (χ0v) is 14.9. The molecule has 2 N–H and O–H groups in total. The van der Waals surface area contributed by atoms with E-state index in [4.69, 9.17) is 5.73 Å². The minimum atomic E-state index is 0.0681. The van der Waals surface area contributed by atoms with Crippen molar-refractivity contribution in [3.8, 4) is 0 Å². The summed E-state index contributed by atoms with van der Waals surface area (Å²) < 4.78 is 0. The van der Waals surface area contributed by atoms with Gasteiger partial charge in [-0.1, -0.05) is 13.8 Å². The Morgan fingerprint density at radius 3 is 2.67 bits per heavy atom. The molecule has 0 radical (unpaired) electrons. The molecule has 0 saturated carbocycles. The molecule has 1 aromatic rings. The second-order valence-electron chi connectivity index (χ2n) is 5.35. The molecular weight excluding hydrogens is 302 g/mol. The highest BCUT2D eigenvalue weighted by molar-refractivity contribution is 7.99. The van der Waals surface area contributed by atoms with Crippen molar-refractivity contribution >= 4 is 39.6 Å². The quantitative estimate of drug-likeness (QED) is 0.642. The number of hydrogen-bond acceptors (Lipinski definition) is 6. The second-order valence-corrected chi connectivity index (χ2v) is 7.16. The van der Waals surface area contributed by atoms with Crippen LogP contribution in [0.1, 0.15) is 36.9 Å². The van der Waals surface area contributed by atoms with Gasteiger partial charge in [0, 0.05) is 26.1 Å². The highest BCUT2D eigenvalue weighted by Crippen LogP contribution is 2.45. The van der Waals surface area contributed by atoms with Crippen LogP contribution in [0.2, 0.25) is 0 Å². The Morgan fingerprint density at radius 1 is 1.48 bits per heavy atom.